The molecule has 0 spiro atoms. The highest BCUT2D eigenvalue weighted by Gasteiger charge is 2.33. The van der Waals surface area contributed by atoms with Crippen LogP contribution in [0.1, 0.15) is 42.6 Å². The predicted octanol–water partition coefficient (Wildman–Crippen LogP) is 1.53. The number of fused-ring (bicyclic) bond motifs is 1. The Morgan fingerprint density at radius 1 is 1.25 bits per heavy atom. The molecule has 1 aliphatic carbocycles. The van der Waals surface area contributed by atoms with Gasteiger partial charge in [-0.25, -0.2) is 13.4 Å². The van der Waals surface area contributed by atoms with E-state index in [1.165, 1.54) is 11.3 Å². The molecule has 3 aliphatic rings. The zero-order chi connectivity index (χ0) is 19.1. The van der Waals surface area contributed by atoms with E-state index in [-0.39, 0.29) is 17.0 Å². The van der Waals surface area contributed by atoms with Gasteiger partial charge in [0, 0.05) is 43.9 Å². The number of imidazole rings is 1. The molecule has 2 aromatic rings. The fourth-order valence-electron chi connectivity index (χ4n) is 4.27. The molecule has 1 atom stereocenters. The van der Waals surface area contributed by atoms with Crippen molar-refractivity contribution in [3.05, 3.63) is 29.3 Å². The monoisotopic (exact) mass is 405 g/mol. The van der Waals surface area contributed by atoms with E-state index in [9.17, 15) is 8.42 Å². The summed E-state index contributed by atoms with van der Waals surface area (Å²) in [5, 5.41) is 7.42. The highest BCUT2D eigenvalue weighted by Crippen LogP contribution is 2.32. The van der Waals surface area contributed by atoms with Crippen LogP contribution in [0.15, 0.2) is 17.6 Å². The number of nitrogens with zero attached hydrogens (tertiary/aromatic N) is 4. The molecule has 1 unspecified atom stereocenters. The summed E-state index contributed by atoms with van der Waals surface area (Å²) in [7, 11) is -3.37. The molecule has 5 rings (SSSR count). The second-order valence-electron chi connectivity index (χ2n) is 8.34. The molecule has 9 heteroatoms. The van der Waals surface area contributed by atoms with Gasteiger partial charge < -0.3 is 9.30 Å². The van der Waals surface area contributed by atoms with Crippen LogP contribution >= 0.6 is 0 Å². The van der Waals surface area contributed by atoms with E-state index >= 15 is 0 Å². The third kappa shape index (κ3) is 3.75. The summed E-state index contributed by atoms with van der Waals surface area (Å²) in [5.41, 5.74) is 3.38. The van der Waals surface area contributed by atoms with Crippen molar-refractivity contribution in [2.75, 3.05) is 18.9 Å². The van der Waals surface area contributed by atoms with Crippen LogP contribution in [0, 0.1) is 5.92 Å². The normalized spacial score (nSPS) is 23.2. The van der Waals surface area contributed by atoms with Crippen molar-refractivity contribution in [2.45, 2.75) is 63.0 Å². The molecule has 2 aliphatic heterocycles. The molecule has 0 bridgehead atoms. The van der Waals surface area contributed by atoms with Gasteiger partial charge in [0.2, 0.25) is 15.0 Å². The smallest absolute Gasteiger partial charge is 0.227 e. The van der Waals surface area contributed by atoms with Gasteiger partial charge in [-0.3, -0.25) is 10.00 Å². The Hall–Kier alpha value is -1.71. The van der Waals surface area contributed by atoms with Crippen molar-refractivity contribution in [1.82, 2.24) is 24.6 Å². The van der Waals surface area contributed by atoms with E-state index in [0.29, 0.717) is 19.0 Å². The first-order valence-electron chi connectivity index (χ1n) is 10.2. The molecule has 1 N–H and O–H groups in total. The molecule has 0 radical (unpaired) electrons. The van der Waals surface area contributed by atoms with E-state index < -0.39 is 9.84 Å². The second-order valence-corrected chi connectivity index (χ2v) is 10.3. The summed E-state index contributed by atoms with van der Waals surface area (Å²) in [6.45, 7) is 3.75. The minimum atomic E-state index is -3.37. The average Bonchev–Trinajstić information content (AvgIpc) is 3.07. The number of sulfone groups is 1. The van der Waals surface area contributed by atoms with Crippen LogP contribution in [-0.4, -0.2) is 58.1 Å². The lowest BCUT2D eigenvalue weighted by Gasteiger charge is -2.27. The van der Waals surface area contributed by atoms with Crippen LogP contribution < -0.4 is 0 Å². The lowest BCUT2D eigenvalue weighted by molar-refractivity contribution is 0.0931. The molecule has 0 amide bonds. The third-order valence-corrected chi connectivity index (χ3v) is 7.80. The number of aromatic nitrogens is 4. The van der Waals surface area contributed by atoms with Crippen LogP contribution in [0.3, 0.4) is 0 Å². The van der Waals surface area contributed by atoms with Crippen molar-refractivity contribution in [2.24, 2.45) is 5.92 Å². The Labute approximate surface area is 165 Å². The van der Waals surface area contributed by atoms with Gasteiger partial charge in [0.1, 0.15) is 0 Å². The zero-order valence-corrected chi connectivity index (χ0v) is 16.8. The lowest BCUT2D eigenvalue weighted by atomic mass is 10.1. The van der Waals surface area contributed by atoms with E-state index in [4.69, 9.17) is 4.74 Å². The Bertz CT molecular complexity index is 941. The summed E-state index contributed by atoms with van der Waals surface area (Å²) in [5.74, 6) is 0.528. The maximum absolute atomic E-state index is 13.0. The number of H-pyrrole nitrogens is 1. The maximum atomic E-state index is 13.0. The van der Waals surface area contributed by atoms with Crippen LogP contribution in [0.2, 0.25) is 0 Å². The molecule has 152 valence electrons. The summed E-state index contributed by atoms with van der Waals surface area (Å²) >= 11 is 0. The summed E-state index contributed by atoms with van der Waals surface area (Å²) in [6, 6.07) is 0. The number of aromatic amines is 1. The van der Waals surface area contributed by atoms with Gasteiger partial charge in [-0.15, -0.1) is 0 Å². The number of hydrogen-bond acceptors (Lipinski definition) is 6. The molecular weight excluding hydrogens is 378 g/mol. The minimum Gasteiger partial charge on any atom is -0.376 e. The molecule has 2 fully saturated rings. The van der Waals surface area contributed by atoms with E-state index in [0.717, 1.165) is 57.5 Å². The Balaban J connectivity index is 1.40. The van der Waals surface area contributed by atoms with E-state index in [1.54, 1.807) is 6.20 Å². The number of nitrogens with one attached hydrogen (secondary N) is 1. The Morgan fingerprint density at radius 3 is 2.93 bits per heavy atom. The third-order valence-electron chi connectivity index (χ3n) is 6.01. The first-order valence-corrected chi connectivity index (χ1v) is 11.9. The van der Waals surface area contributed by atoms with Crippen LogP contribution in [-0.2, 0) is 40.6 Å². The van der Waals surface area contributed by atoms with Crippen LogP contribution in [0.4, 0.5) is 0 Å². The lowest BCUT2D eigenvalue weighted by Crippen LogP contribution is -2.31. The molecule has 2 aromatic heterocycles. The first kappa shape index (κ1) is 18.3. The molecule has 4 heterocycles. The second kappa shape index (κ2) is 7.27. The van der Waals surface area contributed by atoms with Crippen molar-refractivity contribution < 1.29 is 13.2 Å². The van der Waals surface area contributed by atoms with Crippen molar-refractivity contribution in [3.63, 3.8) is 0 Å². The standard InChI is InChI=1S/C19H27N5O3S/c25-28(26,13-14-3-4-14)19-20-9-16(24(19)12-17-2-1-7-27-17)11-23-6-5-18-15(10-23)8-21-22-18/h8-9,14,17H,1-7,10-13H2,(H,21,22). The summed E-state index contributed by atoms with van der Waals surface area (Å²) in [6.07, 6.45) is 8.68. The van der Waals surface area contributed by atoms with Gasteiger partial charge in [0.15, 0.2) is 0 Å². The Kier molecular flexibility index (Phi) is 4.76. The summed E-state index contributed by atoms with van der Waals surface area (Å²) in [4.78, 5) is 6.72. The largest absolute Gasteiger partial charge is 0.376 e. The molecule has 1 saturated heterocycles. The van der Waals surface area contributed by atoms with Crippen molar-refractivity contribution >= 4 is 9.84 Å². The van der Waals surface area contributed by atoms with E-state index in [2.05, 4.69) is 20.1 Å². The van der Waals surface area contributed by atoms with E-state index in [1.807, 2.05) is 10.8 Å². The van der Waals surface area contributed by atoms with Gasteiger partial charge >= 0.3 is 0 Å². The number of hydrogen-bond donors (Lipinski definition) is 1. The molecule has 28 heavy (non-hydrogen) atoms. The molecule has 8 nitrogen and oxygen atoms in total. The highest BCUT2D eigenvalue weighted by molar-refractivity contribution is 7.91. The fraction of sp³-hybridized carbons (Fsp3) is 0.684. The molecular formula is C19H27N5O3S. The quantitative estimate of drug-likeness (QED) is 0.751. The van der Waals surface area contributed by atoms with Crippen LogP contribution in [0.25, 0.3) is 0 Å². The Morgan fingerprint density at radius 2 is 2.14 bits per heavy atom. The van der Waals surface area contributed by atoms with Gasteiger partial charge in [0.05, 0.1) is 36.5 Å². The van der Waals surface area contributed by atoms with Gasteiger partial charge in [-0.2, -0.15) is 5.10 Å². The van der Waals surface area contributed by atoms with Gasteiger partial charge in [-0.05, 0) is 31.6 Å². The van der Waals surface area contributed by atoms with Gasteiger partial charge in [-0.1, -0.05) is 0 Å². The number of ether oxygens (including phenoxy) is 1. The van der Waals surface area contributed by atoms with Gasteiger partial charge in [0.25, 0.3) is 0 Å². The summed E-state index contributed by atoms with van der Waals surface area (Å²) < 4.78 is 33.6. The SMILES string of the molecule is O=S(=O)(CC1CC1)c1ncc(CN2CCc3[nH]ncc3C2)n1CC1CCCO1. The predicted molar refractivity (Wildman–Crippen MR) is 102 cm³/mol. The highest BCUT2D eigenvalue weighted by atomic mass is 32.2. The molecule has 0 aromatic carbocycles. The molecule has 1 saturated carbocycles. The maximum Gasteiger partial charge on any atom is 0.227 e. The van der Waals surface area contributed by atoms with Crippen LogP contribution in [0.5, 0.6) is 0 Å². The van der Waals surface area contributed by atoms with Crippen molar-refractivity contribution in [1.29, 1.82) is 0 Å². The number of rotatable bonds is 7. The average molecular weight is 406 g/mol. The topological polar surface area (TPSA) is 93.1 Å². The fourth-order valence-corrected chi connectivity index (χ4v) is 6.11. The van der Waals surface area contributed by atoms with Crippen molar-refractivity contribution in [3.8, 4) is 0 Å². The zero-order valence-electron chi connectivity index (χ0n) is 16.0. The first-order chi connectivity index (χ1) is 13.6. The minimum absolute atomic E-state index is 0.0738.